The highest BCUT2D eigenvalue weighted by Gasteiger charge is 2.13. The molecule has 0 N–H and O–H groups in total. The van der Waals surface area contributed by atoms with E-state index >= 15 is 0 Å². The van der Waals surface area contributed by atoms with Gasteiger partial charge in [-0.1, -0.05) is 28.1 Å². The van der Waals surface area contributed by atoms with Crippen LogP contribution in [-0.2, 0) is 19.4 Å². The van der Waals surface area contributed by atoms with E-state index in [1.54, 1.807) is 0 Å². The van der Waals surface area contributed by atoms with E-state index in [1.165, 1.54) is 36.3 Å². The Morgan fingerprint density at radius 1 is 1.29 bits per heavy atom. The van der Waals surface area contributed by atoms with Crippen molar-refractivity contribution >= 4 is 15.9 Å². The predicted octanol–water partition coefficient (Wildman–Crippen LogP) is 3.57. The topological polar surface area (TPSA) is 17.8 Å². The largest absolute Gasteiger partial charge is 0.332 e. The molecular weight excluding hydrogens is 276 g/mol. The average molecular weight is 291 g/mol. The summed E-state index contributed by atoms with van der Waals surface area (Å²) in [5.74, 6) is 1.21. The minimum atomic E-state index is 0.930. The van der Waals surface area contributed by atoms with Crippen LogP contribution in [0.4, 0.5) is 0 Å². The van der Waals surface area contributed by atoms with Gasteiger partial charge in [-0.05, 0) is 37.0 Å². The van der Waals surface area contributed by atoms with Gasteiger partial charge in [-0.2, -0.15) is 0 Å². The molecule has 2 aromatic rings. The molecule has 0 radical (unpaired) electrons. The highest BCUT2D eigenvalue weighted by Crippen LogP contribution is 2.20. The number of aryl methyl sites for hydroxylation is 1. The summed E-state index contributed by atoms with van der Waals surface area (Å²) in [4.78, 5) is 4.57. The number of hydrogen-bond donors (Lipinski definition) is 0. The van der Waals surface area contributed by atoms with Gasteiger partial charge in [0, 0.05) is 29.3 Å². The van der Waals surface area contributed by atoms with Crippen molar-refractivity contribution < 1.29 is 0 Å². The monoisotopic (exact) mass is 290 g/mol. The Labute approximate surface area is 110 Å². The molecule has 0 bridgehead atoms. The number of imidazole rings is 1. The van der Waals surface area contributed by atoms with Crippen molar-refractivity contribution in [3.05, 3.63) is 52.0 Å². The molecular formula is C14H15BrN2. The zero-order valence-corrected chi connectivity index (χ0v) is 11.3. The maximum absolute atomic E-state index is 4.57. The Kier molecular flexibility index (Phi) is 3.02. The van der Waals surface area contributed by atoms with Crippen LogP contribution in [0.15, 0.2) is 34.9 Å². The van der Waals surface area contributed by atoms with Crippen molar-refractivity contribution in [2.75, 3.05) is 0 Å². The standard InChI is InChI=1S/C14H15BrN2/c15-12-5-3-4-11(8-12)9-14-16-10-13-6-1-2-7-17(13)14/h3-5,8,10H,1-2,6-7,9H2. The van der Waals surface area contributed by atoms with Crippen LogP contribution in [0, 0.1) is 0 Å². The number of fused-ring (bicyclic) bond motifs is 1. The first-order chi connectivity index (χ1) is 8.33. The fraction of sp³-hybridized carbons (Fsp3) is 0.357. The summed E-state index contributed by atoms with van der Waals surface area (Å²) in [5.41, 5.74) is 2.72. The van der Waals surface area contributed by atoms with Crippen LogP contribution >= 0.6 is 15.9 Å². The molecule has 0 unspecified atom stereocenters. The maximum atomic E-state index is 4.57. The molecule has 3 heteroatoms. The van der Waals surface area contributed by atoms with Gasteiger partial charge in [-0.3, -0.25) is 0 Å². The van der Waals surface area contributed by atoms with Gasteiger partial charge >= 0.3 is 0 Å². The summed E-state index contributed by atoms with van der Waals surface area (Å²) in [6.45, 7) is 1.14. The van der Waals surface area contributed by atoms with E-state index in [2.05, 4.69) is 49.7 Å². The zero-order chi connectivity index (χ0) is 11.7. The van der Waals surface area contributed by atoms with Gasteiger partial charge in [0.05, 0.1) is 0 Å². The van der Waals surface area contributed by atoms with Gasteiger partial charge in [-0.15, -0.1) is 0 Å². The Morgan fingerprint density at radius 3 is 3.12 bits per heavy atom. The van der Waals surface area contributed by atoms with E-state index in [4.69, 9.17) is 0 Å². The lowest BCUT2D eigenvalue weighted by atomic mass is 10.1. The summed E-state index contributed by atoms with van der Waals surface area (Å²) < 4.78 is 3.53. The van der Waals surface area contributed by atoms with E-state index in [0.717, 1.165) is 17.4 Å². The first-order valence-electron chi connectivity index (χ1n) is 6.10. The number of aromatic nitrogens is 2. The van der Waals surface area contributed by atoms with Crippen LogP contribution in [0.3, 0.4) is 0 Å². The highest BCUT2D eigenvalue weighted by atomic mass is 79.9. The summed E-state index contributed by atoms with van der Waals surface area (Å²) in [5, 5.41) is 0. The van der Waals surface area contributed by atoms with Crippen LogP contribution in [0.1, 0.15) is 29.9 Å². The fourth-order valence-corrected chi connectivity index (χ4v) is 2.92. The predicted molar refractivity (Wildman–Crippen MR) is 72.1 cm³/mol. The lowest BCUT2D eigenvalue weighted by Crippen LogP contribution is -2.12. The van der Waals surface area contributed by atoms with Gasteiger partial charge < -0.3 is 4.57 Å². The number of rotatable bonds is 2. The Balaban J connectivity index is 1.88. The quantitative estimate of drug-likeness (QED) is 0.827. The van der Waals surface area contributed by atoms with Crippen molar-refractivity contribution in [3.8, 4) is 0 Å². The molecule has 2 nitrogen and oxygen atoms in total. The number of halogens is 1. The van der Waals surface area contributed by atoms with Crippen LogP contribution in [0.5, 0.6) is 0 Å². The van der Waals surface area contributed by atoms with E-state index < -0.39 is 0 Å². The molecule has 2 heterocycles. The van der Waals surface area contributed by atoms with Gasteiger partial charge in [0.25, 0.3) is 0 Å². The molecule has 1 aliphatic rings. The zero-order valence-electron chi connectivity index (χ0n) is 9.69. The summed E-state index contributed by atoms with van der Waals surface area (Å²) in [7, 11) is 0. The molecule has 0 atom stereocenters. The van der Waals surface area contributed by atoms with Gasteiger partial charge in [-0.25, -0.2) is 4.98 Å². The van der Waals surface area contributed by atoms with Crippen molar-refractivity contribution in [1.82, 2.24) is 9.55 Å². The smallest absolute Gasteiger partial charge is 0.113 e. The Hall–Kier alpha value is -1.09. The van der Waals surface area contributed by atoms with E-state index in [-0.39, 0.29) is 0 Å². The SMILES string of the molecule is Brc1cccc(Cc2ncc3n2CCCC3)c1. The van der Waals surface area contributed by atoms with Crippen LogP contribution in [-0.4, -0.2) is 9.55 Å². The third-order valence-corrected chi connectivity index (χ3v) is 3.83. The molecule has 0 spiro atoms. The molecule has 0 aliphatic carbocycles. The van der Waals surface area contributed by atoms with Crippen LogP contribution in [0.2, 0.25) is 0 Å². The lowest BCUT2D eigenvalue weighted by molar-refractivity contribution is 0.518. The molecule has 1 aromatic carbocycles. The number of hydrogen-bond acceptors (Lipinski definition) is 1. The summed E-state index contributed by atoms with van der Waals surface area (Å²) in [6.07, 6.45) is 6.76. The molecule has 1 aromatic heterocycles. The fourth-order valence-electron chi connectivity index (χ4n) is 2.47. The molecule has 3 rings (SSSR count). The maximum Gasteiger partial charge on any atom is 0.113 e. The molecule has 0 fully saturated rings. The Morgan fingerprint density at radius 2 is 2.24 bits per heavy atom. The average Bonchev–Trinajstić information content (AvgIpc) is 2.73. The minimum Gasteiger partial charge on any atom is -0.332 e. The van der Waals surface area contributed by atoms with E-state index in [1.807, 2.05) is 6.20 Å². The third kappa shape index (κ3) is 2.29. The van der Waals surface area contributed by atoms with Crippen LogP contribution < -0.4 is 0 Å². The summed E-state index contributed by atoms with van der Waals surface area (Å²) in [6, 6.07) is 8.48. The molecule has 0 saturated heterocycles. The normalized spacial score (nSPS) is 14.6. The summed E-state index contributed by atoms with van der Waals surface area (Å²) >= 11 is 3.51. The van der Waals surface area contributed by atoms with Crippen molar-refractivity contribution in [2.45, 2.75) is 32.2 Å². The van der Waals surface area contributed by atoms with Crippen LogP contribution in [0.25, 0.3) is 0 Å². The minimum absolute atomic E-state index is 0.930. The van der Waals surface area contributed by atoms with Crippen molar-refractivity contribution in [3.63, 3.8) is 0 Å². The van der Waals surface area contributed by atoms with E-state index in [9.17, 15) is 0 Å². The van der Waals surface area contributed by atoms with Crippen molar-refractivity contribution in [2.24, 2.45) is 0 Å². The van der Waals surface area contributed by atoms with Gasteiger partial charge in [0.15, 0.2) is 0 Å². The number of nitrogens with zero attached hydrogens (tertiary/aromatic N) is 2. The second kappa shape index (κ2) is 4.65. The molecule has 88 valence electrons. The first kappa shape index (κ1) is 11.0. The number of benzene rings is 1. The lowest BCUT2D eigenvalue weighted by Gasteiger charge is -2.16. The second-order valence-corrected chi connectivity index (χ2v) is 5.50. The third-order valence-electron chi connectivity index (χ3n) is 3.34. The van der Waals surface area contributed by atoms with Gasteiger partial charge in [0.1, 0.15) is 5.82 Å². The molecule has 1 aliphatic heterocycles. The molecule has 0 saturated carbocycles. The first-order valence-corrected chi connectivity index (χ1v) is 6.90. The van der Waals surface area contributed by atoms with Crippen molar-refractivity contribution in [1.29, 1.82) is 0 Å². The molecule has 0 amide bonds. The van der Waals surface area contributed by atoms with Gasteiger partial charge in [0.2, 0.25) is 0 Å². The Bertz CT molecular complexity index is 531. The molecule has 17 heavy (non-hydrogen) atoms. The highest BCUT2D eigenvalue weighted by molar-refractivity contribution is 9.10. The second-order valence-electron chi connectivity index (χ2n) is 4.58. The van der Waals surface area contributed by atoms with E-state index in [0.29, 0.717) is 0 Å².